The van der Waals surface area contributed by atoms with Crippen LogP contribution in [0.25, 0.3) is 0 Å². The summed E-state index contributed by atoms with van der Waals surface area (Å²) >= 11 is 0. The minimum Gasteiger partial charge on any atom is -0.481 e. The molecule has 0 bridgehead atoms. The van der Waals surface area contributed by atoms with Gasteiger partial charge in [-0.25, -0.2) is 0 Å². The lowest BCUT2D eigenvalue weighted by Gasteiger charge is -2.47. The van der Waals surface area contributed by atoms with Crippen LogP contribution in [-0.2, 0) is 9.59 Å². The van der Waals surface area contributed by atoms with Crippen molar-refractivity contribution in [2.45, 2.75) is 71.4 Å². The molecular weight excluding hydrogens is 380 g/mol. The molecule has 7 heteroatoms. The molecule has 0 radical (unpaired) electrons. The first-order valence-electron chi connectivity index (χ1n) is 11.3. The van der Waals surface area contributed by atoms with Crippen molar-refractivity contribution < 1.29 is 14.7 Å². The Morgan fingerprint density at radius 1 is 1.20 bits per heavy atom. The van der Waals surface area contributed by atoms with Gasteiger partial charge in [-0.05, 0) is 49.7 Å². The molecule has 1 aromatic rings. The maximum Gasteiger partial charge on any atom is 0.306 e. The van der Waals surface area contributed by atoms with Crippen molar-refractivity contribution in [3.8, 4) is 0 Å². The van der Waals surface area contributed by atoms with E-state index < -0.39 is 5.97 Å². The van der Waals surface area contributed by atoms with Crippen LogP contribution >= 0.6 is 0 Å². The third-order valence-electron chi connectivity index (χ3n) is 7.31. The minimum absolute atomic E-state index is 0.00675. The largest absolute Gasteiger partial charge is 0.481 e. The van der Waals surface area contributed by atoms with E-state index in [-0.39, 0.29) is 35.7 Å². The molecule has 4 rings (SSSR count). The molecule has 30 heavy (non-hydrogen) atoms. The highest BCUT2D eigenvalue weighted by Crippen LogP contribution is 2.40. The Morgan fingerprint density at radius 2 is 1.97 bits per heavy atom. The number of likely N-dealkylation sites (tertiary alicyclic amines) is 1. The average Bonchev–Trinajstić information content (AvgIpc) is 3.15. The number of carbonyl (C=O) groups excluding carboxylic acids is 1. The molecular formula is C23H34N4O3. The molecule has 0 aromatic heterocycles. The zero-order valence-corrected chi connectivity index (χ0v) is 18.2. The summed E-state index contributed by atoms with van der Waals surface area (Å²) in [6.45, 7) is 6.92. The van der Waals surface area contributed by atoms with Crippen LogP contribution in [0.4, 0.5) is 11.4 Å². The van der Waals surface area contributed by atoms with E-state index in [2.05, 4.69) is 48.9 Å². The van der Waals surface area contributed by atoms with Crippen molar-refractivity contribution in [3.63, 3.8) is 0 Å². The predicted molar refractivity (Wildman–Crippen MR) is 117 cm³/mol. The number of anilines is 2. The highest BCUT2D eigenvalue weighted by atomic mass is 16.4. The highest BCUT2D eigenvalue weighted by molar-refractivity contribution is 5.81. The van der Waals surface area contributed by atoms with Gasteiger partial charge >= 0.3 is 5.97 Å². The molecule has 2 heterocycles. The molecule has 1 amide bonds. The first-order valence-corrected chi connectivity index (χ1v) is 11.3. The van der Waals surface area contributed by atoms with E-state index in [4.69, 9.17) is 0 Å². The summed E-state index contributed by atoms with van der Waals surface area (Å²) in [5.41, 5.74) is 9.82. The number of nitrogens with one attached hydrogen (secondary N) is 2. The predicted octanol–water partition coefficient (Wildman–Crippen LogP) is 3.55. The van der Waals surface area contributed by atoms with Gasteiger partial charge in [0.25, 0.3) is 0 Å². The molecule has 1 aromatic carbocycles. The number of hydrogen-bond acceptors (Lipinski definition) is 5. The summed E-state index contributed by atoms with van der Waals surface area (Å²) in [6, 6.07) is 6.27. The van der Waals surface area contributed by atoms with Crippen molar-refractivity contribution in [2.24, 2.45) is 17.8 Å². The van der Waals surface area contributed by atoms with Gasteiger partial charge in [-0.2, -0.15) is 0 Å². The molecule has 1 saturated carbocycles. The first kappa shape index (κ1) is 21.0. The van der Waals surface area contributed by atoms with Gasteiger partial charge in [0.15, 0.2) is 0 Å². The number of benzene rings is 1. The molecule has 4 unspecified atom stereocenters. The third kappa shape index (κ3) is 3.75. The minimum atomic E-state index is -0.696. The van der Waals surface area contributed by atoms with Crippen LogP contribution in [0.2, 0.25) is 0 Å². The summed E-state index contributed by atoms with van der Waals surface area (Å²) < 4.78 is 0. The second-order valence-electron chi connectivity index (χ2n) is 9.43. The summed E-state index contributed by atoms with van der Waals surface area (Å²) in [5, 5.41) is 11.7. The lowest BCUT2D eigenvalue weighted by atomic mass is 9.71. The fourth-order valence-corrected chi connectivity index (χ4v) is 5.65. The first-order chi connectivity index (χ1) is 14.4. The smallest absolute Gasteiger partial charge is 0.306 e. The van der Waals surface area contributed by atoms with Crippen molar-refractivity contribution in [1.82, 2.24) is 10.4 Å². The summed E-state index contributed by atoms with van der Waals surface area (Å²) in [7, 11) is 0. The SMILES string of the molecule is Cc1cccc2c1NNN2C(CC(=O)N1CCC(C(=O)O)C2CCCCC21)C(C)C. The number of nitrogens with zero attached hydrogens (tertiary/aromatic N) is 2. The number of carboxylic acid groups (broad SMARTS) is 1. The Balaban J connectivity index is 1.52. The van der Waals surface area contributed by atoms with Crippen LogP contribution in [-0.4, -0.2) is 40.5 Å². The number of aryl methyl sites for hydroxylation is 1. The Morgan fingerprint density at radius 3 is 2.70 bits per heavy atom. The van der Waals surface area contributed by atoms with Crippen LogP contribution < -0.4 is 16.0 Å². The van der Waals surface area contributed by atoms with Gasteiger partial charge in [0.2, 0.25) is 5.91 Å². The molecule has 3 aliphatic rings. The van der Waals surface area contributed by atoms with Crippen LogP contribution in [0, 0.1) is 24.7 Å². The standard InChI is InChI=1S/C23H34N4O3/c1-14(2)20(27-19-10-6-7-15(3)22(19)24-25-27)13-21(28)26-12-11-17(23(29)30)16-8-4-5-9-18(16)26/h6-7,10,14,16-18,20,24-25H,4-5,8-9,11-13H2,1-3H3,(H,29,30). The Hall–Kier alpha value is -2.28. The van der Waals surface area contributed by atoms with Crippen molar-refractivity contribution >= 4 is 23.3 Å². The number of hydrogen-bond donors (Lipinski definition) is 3. The van der Waals surface area contributed by atoms with E-state index in [9.17, 15) is 14.7 Å². The number of rotatable bonds is 5. The van der Waals surface area contributed by atoms with Gasteiger partial charge < -0.3 is 15.4 Å². The van der Waals surface area contributed by atoms with E-state index in [1.807, 2.05) is 11.0 Å². The Labute approximate surface area is 178 Å². The van der Waals surface area contributed by atoms with E-state index in [0.717, 1.165) is 42.6 Å². The average molecular weight is 415 g/mol. The summed E-state index contributed by atoms with van der Waals surface area (Å²) in [5.74, 6) is -0.481. The monoisotopic (exact) mass is 414 g/mol. The molecule has 2 fully saturated rings. The van der Waals surface area contributed by atoms with Gasteiger partial charge in [-0.1, -0.05) is 38.8 Å². The molecule has 2 aliphatic heterocycles. The number of fused-ring (bicyclic) bond motifs is 2. The number of amides is 1. The van der Waals surface area contributed by atoms with Crippen molar-refractivity contribution in [2.75, 3.05) is 17.0 Å². The van der Waals surface area contributed by atoms with Gasteiger partial charge in [0, 0.05) is 19.0 Å². The quantitative estimate of drug-likeness (QED) is 0.683. The zero-order chi connectivity index (χ0) is 21.4. The number of carbonyl (C=O) groups is 2. The maximum atomic E-state index is 13.5. The topological polar surface area (TPSA) is 84.9 Å². The Bertz CT molecular complexity index is 812. The number of carboxylic acids is 1. The van der Waals surface area contributed by atoms with Crippen LogP contribution in [0.5, 0.6) is 0 Å². The fraction of sp³-hybridized carbons (Fsp3) is 0.652. The van der Waals surface area contributed by atoms with Gasteiger partial charge in [-0.3, -0.25) is 14.6 Å². The van der Waals surface area contributed by atoms with E-state index >= 15 is 0 Å². The number of piperidine rings is 1. The molecule has 3 N–H and O–H groups in total. The molecule has 4 atom stereocenters. The van der Waals surface area contributed by atoms with E-state index in [1.54, 1.807) is 0 Å². The normalized spacial score (nSPS) is 26.7. The second kappa shape index (κ2) is 8.46. The highest BCUT2D eigenvalue weighted by Gasteiger charge is 2.44. The zero-order valence-electron chi connectivity index (χ0n) is 18.2. The number of para-hydroxylation sites is 1. The molecule has 164 valence electrons. The fourth-order valence-electron chi connectivity index (χ4n) is 5.65. The summed E-state index contributed by atoms with van der Waals surface area (Å²) in [4.78, 5) is 27.2. The van der Waals surface area contributed by atoms with Gasteiger partial charge in [-0.15, -0.1) is 5.53 Å². The van der Waals surface area contributed by atoms with Crippen LogP contribution in [0.15, 0.2) is 18.2 Å². The lowest BCUT2D eigenvalue weighted by Crippen LogP contribution is -2.56. The molecule has 7 nitrogen and oxygen atoms in total. The van der Waals surface area contributed by atoms with Crippen LogP contribution in [0.1, 0.15) is 57.9 Å². The van der Waals surface area contributed by atoms with Crippen LogP contribution in [0.3, 0.4) is 0 Å². The van der Waals surface area contributed by atoms with Crippen molar-refractivity contribution in [1.29, 1.82) is 0 Å². The molecule has 0 spiro atoms. The lowest BCUT2D eigenvalue weighted by molar-refractivity contribution is -0.154. The van der Waals surface area contributed by atoms with E-state index in [0.29, 0.717) is 19.4 Å². The second-order valence-corrected chi connectivity index (χ2v) is 9.43. The van der Waals surface area contributed by atoms with Gasteiger partial charge in [0.1, 0.15) is 0 Å². The Kier molecular flexibility index (Phi) is 5.91. The number of hydrazine groups is 2. The van der Waals surface area contributed by atoms with Gasteiger partial charge in [0.05, 0.1) is 23.3 Å². The number of aliphatic carboxylic acids is 1. The van der Waals surface area contributed by atoms with E-state index in [1.165, 1.54) is 0 Å². The summed E-state index contributed by atoms with van der Waals surface area (Å²) in [6.07, 6.45) is 4.98. The third-order valence-corrected chi connectivity index (χ3v) is 7.31. The van der Waals surface area contributed by atoms with Crippen molar-refractivity contribution in [3.05, 3.63) is 23.8 Å². The maximum absolute atomic E-state index is 13.5. The molecule has 1 saturated heterocycles. The molecule has 1 aliphatic carbocycles.